The minimum atomic E-state index is -0.625. The lowest BCUT2D eigenvalue weighted by atomic mass is 10.4. The summed E-state index contributed by atoms with van der Waals surface area (Å²) in [6.07, 6.45) is 0. The molecule has 2 heterocycles. The van der Waals surface area contributed by atoms with Gasteiger partial charge in [-0.25, -0.2) is 4.79 Å². The van der Waals surface area contributed by atoms with Gasteiger partial charge in [0, 0.05) is 6.07 Å². The first-order chi connectivity index (χ1) is 8.11. The molecule has 0 spiro atoms. The molecule has 2 N–H and O–H groups in total. The second-order valence-electron chi connectivity index (χ2n) is 3.28. The maximum atomic E-state index is 11.4. The summed E-state index contributed by atoms with van der Waals surface area (Å²) in [4.78, 5) is 15.4. The highest BCUT2D eigenvalue weighted by Gasteiger charge is 2.21. The number of anilines is 1. The van der Waals surface area contributed by atoms with Crippen LogP contribution >= 0.6 is 0 Å². The molecule has 0 aliphatic rings. The van der Waals surface area contributed by atoms with Crippen molar-refractivity contribution in [2.24, 2.45) is 0 Å². The smallest absolute Gasteiger partial charge is 0.362 e. The van der Waals surface area contributed by atoms with Crippen LogP contribution in [0.2, 0.25) is 0 Å². The number of rotatable bonds is 3. The van der Waals surface area contributed by atoms with E-state index in [1.807, 2.05) is 0 Å². The summed E-state index contributed by atoms with van der Waals surface area (Å²) < 4.78 is 14.8. The van der Waals surface area contributed by atoms with Crippen LogP contribution in [0.25, 0.3) is 11.6 Å². The maximum absolute atomic E-state index is 11.4. The monoisotopic (exact) mass is 237 g/mol. The number of ether oxygens (including phenoxy) is 1. The molecule has 17 heavy (non-hydrogen) atoms. The summed E-state index contributed by atoms with van der Waals surface area (Å²) in [5, 5.41) is 3.71. The molecule has 2 aromatic heterocycles. The van der Waals surface area contributed by atoms with E-state index in [9.17, 15) is 4.79 Å². The number of hydrogen-bond acceptors (Lipinski definition) is 7. The molecule has 7 nitrogen and oxygen atoms in total. The van der Waals surface area contributed by atoms with Crippen LogP contribution in [0.4, 0.5) is 5.88 Å². The summed E-state index contributed by atoms with van der Waals surface area (Å²) in [5.74, 6) is 0.0104. The van der Waals surface area contributed by atoms with Gasteiger partial charge in [-0.1, -0.05) is 5.16 Å². The van der Waals surface area contributed by atoms with Crippen LogP contribution in [-0.2, 0) is 4.74 Å². The topological polar surface area (TPSA) is 104 Å². The Kier molecular flexibility index (Phi) is 2.82. The molecule has 7 heteroatoms. The first kappa shape index (κ1) is 11.2. The molecule has 2 aromatic rings. The second kappa shape index (κ2) is 4.28. The zero-order valence-electron chi connectivity index (χ0n) is 9.39. The van der Waals surface area contributed by atoms with E-state index >= 15 is 0 Å². The molecule has 0 aliphatic carbocycles. The van der Waals surface area contributed by atoms with Gasteiger partial charge in [0.1, 0.15) is 5.76 Å². The molecule has 0 radical (unpaired) electrons. The molecule has 0 atom stereocenters. The Morgan fingerprint density at radius 3 is 2.94 bits per heavy atom. The Morgan fingerprint density at radius 2 is 2.35 bits per heavy atom. The lowest BCUT2D eigenvalue weighted by Crippen LogP contribution is -2.07. The maximum Gasteiger partial charge on any atom is 0.362 e. The van der Waals surface area contributed by atoms with Crippen LogP contribution in [-0.4, -0.2) is 22.7 Å². The third-order valence-electron chi connectivity index (χ3n) is 1.97. The molecular formula is C10H11N3O4. The van der Waals surface area contributed by atoms with Crippen molar-refractivity contribution >= 4 is 11.9 Å². The van der Waals surface area contributed by atoms with E-state index in [4.69, 9.17) is 19.4 Å². The Labute approximate surface area is 96.5 Å². The van der Waals surface area contributed by atoms with Crippen molar-refractivity contribution in [3.05, 3.63) is 17.5 Å². The van der Waals surface area contributed by atoms with Gasteiger partial charge < -0.3 is 19.4 Å². The van der Waals surface area contributed by atoms with Crippen molar-refractivity contribution in [1.29, 1.82) is 0 Å². The van der Waals surface area contributed by atoms with E-state index in [0.29, 0.717) is 11.5 Å². The largest absolute Gasteiger partial charge is 0.461 e. The van der Waals surface area contributed by atoms with Gasteiger partial charge in [0.25, 0.3) is 5.89 Å². The quantitative estimate of drug-likeness (QED) is 0.804. The fourth-order valence-corrected chi connectivity index (χ4v) is 1.25. The highest BCUT2D eigenvalue weighted by Crippen LogP contribution is 2.23. The molecule has 0 amide bonds. The van der Waals surface area contributed by atoms with Crippen LogP contribution in [0.1, 0.15) is 23.2 Å². The first-order valence-electron chi connectivity index (χ1n) is 4.99. The van der Waals surface area contributed by atoms with E-state index in [0.717, 1.165) is 0 Å². The molecule has 90 valence electrons. The number of carbonyl (C=O) groups is 1. The highest BCUT2D eigenvalue weighted by atomic mass is 16.5. The predicted octanol–water partition coefficient (Wildman–Crippen LogP) is 1.40. The second-order valence-corrected chi connectivity index (χ2v) is 3.28. The van der Waals surface area contributed by atoms with Crippen LogP contribution in [0.3, 0.4) is 0 Å². The van der Waals surface area contributed by atoms with Gasteiger partial charge in [0.15, 0.2) is 5.69 Å². The van der Waals surface area contributed by atoms with Crippen LogP contribution in [0, 0.1) is 6.92 Å². The summed E-state index contributed by atoms with van der Waals surface area (Å²) in [7, 11) is 0. The van der Waals surface area contributed by atoms with E-state index in [1.165, 1.54) is 0 Å². The molecule has 0 saturated carbocycles. The van der Waals surface area contributed by atoms with Gasteiger partial charge in [-0.05, 0) is 13.8 Å². The molecule has 0 saturated heterocycles. The molecule has 0 bridgehead atoms. The Morgan fingerprint density at radius 1 is 1.59 bits per heavy atom. The average Bonchev–Trinajstić information content (AvgIpc) is 2.85. The first-order valence-corrected chi connectivity index (χ1v) is 4.99. The standard InChI is InChI=1S/C10H11N3O4/c1-3-15-10(14)7-8(11)16-9(12-7)6-4-5(2)17-13-6/h4H,3,11H2,1-2H3. The highest BCUT2D eigenvalue weighted by molar-refractivity contribution is 5.92. The van der Waals surface area contributed by atoms with Crippen molar-refractivity contribution in [1.82, 2.24) is 10.1 Å². The van der Waals surface area contributed by atoms with Gasteiger partial charge in [-0.2, -0.15) is 4.98 Å². The van der Waals surface area contributed by atoms with Crippen LogP contribution in [0.5, 0.6) is 0 Å². The van der Waals surface area contributed by atoms with E-state index in [2.05, 4.69) is 10.1 Å². The van der Waals surface area contributed by atoms with Crippen molar-refractivity contribution in [3.8, 4) is 11.6 Å². The van der Waals surface area contributed by atoms with Gasteiger partial charge in [0.05, 0.1) is 6.61 Å². The van der Waals surface area contributed by atoms with Crippen molar-refractivity contribution < 1.29 is 18.5 Å². The van der Waals surface area contributed by atoms with Crippen molar-refractivity contribution in [2.75, 3.05) is 12.3 Å². The SMILES string of the molecule is CCOC(=O)c1nc(-c2cc(C)on2)oc1N. The number of nitrogens with two attached hydrogens (primary N) is 1. The fourth-order valence-electron chi connectivity index (χ4n) is 1.25. The van der Waals surface area contributed by atoms with E-state index in [-0.39, 0.29) is 24.1 Å². The number of nitrogens with zero attached hydrogens (tertiary/aromatic N) is 2. The average molecular weight is 237 g/mol. The normalized spacial score (nSPS) is 10.5. The number of carbonyl (C=O) groups excluding carboxylic acids is 1. The number of esters is 1. The summed E-state index contributed by atoms with van der Waals surface area (Å²) in [6.45, 7) is 3.66. The zero-order chi connectivity index (χ0) is 12.4. The minimum Gasteiger partial charge on any atom is -0.461 e. The number of aromatic nitrogens is 2. The van der Waals surface area contributed by atoms with E-state index < -0.39 is 5.97 Å². The molecule has 0 unspecified atom stereocenters. The lowest BCUT2D eigenvalue weighted by Gasteiger charge is -1.96. The van der Waals surface area contributed by atoms with E-state index in [1.54, 1.807) is 19.9 Å². The summed E-state index contributed by atoms with van der Waals surface area (Å²) in [5.41, 5.74) is 5.85. The number of hydrogen-bond donors (Lipinski definition) is 1. The minimum absolute atomic E-state index is 0.0532. The third kappa shape index (κ3) is 2.12. The number of aryl methyl sites for hydroxylation is 1. The fraction of sp³-hybridized carbons (Fsp3) is 0.300. The number of nitrogen functional groups attached to an aromatic ring is 1. The predicted molar refractivity (Wildman–Crippen MR) is 57.1 cm³/mol. The van der Waals surface area contributed by atoms with Crippen molar-refractivity contribution in [2.45, 2.75) is 13.8 Å². The summed E-state index contributed by atoms with van der Waals surface area (Å²) >= 11 is 0. The van der Waals surface area contributed by atoms with Gasteiger partial charge in [-0.3, -0.25) is 0 Å². The zero-order valence-corrected chi connectivity index (χ0v) is 9.39. The number of oxazole rings is 1. The van der Waals surface area contributed by atoms with Crippen LogP contribution < -0.4 is 5.73 Å². The van der Waals surface area contributed by atoms with Gasteiger partial charge in [-0.15, -0.1) is 0 Å². The molecular weight excluding hydrogens is 226 g/mol. The molecule has 2 rings (SSSR count). The Hall–Kier alpha value is -2.31. The Bertz CT molecular complexity index is 543. The molecule has 0 aliphatic heterocycles. The molecule has 0 fully saturated rings. The van der Waals surface area contributed by atoms with Crippen molar-refractivity contribution in [3.63, 3.8) is 0 Å². The summed E-state index contributed by atoms with van der Waals surface area (Å²) in [6, 6.07) is 1.63. The van der Waals surface area contributed by atoms with Gasteiger partial charge in [0.2, 0.25) is 11.6 Å². The van der Waals surface area contributed by atoms with Gasteiger partial charge >= 0.3 is 5.97 Å². The molecule has 0 aromatic carbocycles. The Balaban J connectivity index is 2.33. The van der Waals surface area contributed by atoms with Crippen LogP contribution in [0.15, 0.2) is 15.0 Å². The lowest BCUT2D eigenvalue weighted by molar-refractivity contribution is 0.0521. The third-order valence-corrected chi connectivity index (χ3v) is 1.97.